The van der Waals surface area contributed by atoms with Gasteiger partial charge in [-0.25, -0.2) is 4.79 Å². The molecule has 8 heteroatoms. The van der Waals surface area contributed by atoms with E-state index in [1.165, 1.54) is 10.8 Å². The molecule has 8 nitrogen and oxygen atoms in total. The molecule has 0 unspecified atom stereocenters. The number of hydrogen-bond donors (Lipinski definition) is 1. The number of nitrogens with zero attached hydrogens (tertiary/aromatic N) is 2. The van der Waals surface area contributed by atoms with Crippen LogP contribution in [0.3, 0.4) is 0 Å². The van der Waals surface area contributed by atoms with Crippen LogP contribution < -0.4 is 11.0 Å². The maximum Gasteiger partial charge on any atom is 0.351 e. The molecule has 160 valence electrons. The SMILES string of the molecule is C[C@@]1(COCc2ccccc2)OC[C@H](n2ccc(NC(=O)c3ccccc3)nc2=O)O1. The number of hydrogen-bond acceptors (Lipinski definition) is 6. The van der Waals surface area contributed by atoms with E-state index in [1.54, 1.807) is 37.3 Å². The summed E-state index contributed by atoms with van der Waals surface area (Å²) in [5.74, 6) is -1.14. The van der Waals surface area contributed by atoms with E-state index in [1.807, 2.05) is 36.4 Å². The lowest BCUT2D eigenvalue weighted by Gasteiger charge is -2.23. The Labute approximate surface area is 179 Å². The maximum absolute atomic E-state index is 12.5. The predicted octanol–water partition coefficient (Wildman–Crippen LogP) is 2.97. The van der Waals surface area contributed by atoms with Crippen LogP contribution in [0.15, 0.2) is 77.7 Å². The summed E-state index contributed by atoms with van der Waals surface area (Å²) < 4.78 is 18.7. The minimum absolute atomic E-state index is 0.169. The average molecular weight is 421 g/mol. The van der Waals surface area contributed by atoms with Crippen molar-refractivity contribution in [1.82, 2.24) is 9.55 Å². The van der Waals surface area contributed by atoms with Gasteiger partial charge >= 0.3 is 5.69 Å². The van der Waals surface area contributed by atoms with Crippen LogP contribution in [0.25, 0.3) is 0 Å². The quantitative estimate of drug-likeness (QED) is 0.631. The Morgan fingerprint density at radius 2 is 1.87 bits per heavy atom. The van der Waals surface area contributed by atoms with Crippen molar-refractivity contribution in [2.75, 3.05) is 18.5 Å². The highest BCUT2D eigenvalue weighted by molar-refractivity contribution is 6.03. The Hall–Kier alpha value is -3.33. The number of rotatable bonds is 7. The lowest BCUT2D eigenvalue weighted by molar-refractivity contribution is -0.199. The number of amides is 1. The van der Waals surface area contributed by atoms with Crippen LogP contribution in [0, 0.1) is 0 Å². The number of carbonyl (C=O) groups is 1. The molecule has 0 aliphatic carbocycles. The Bertz CT molecular complexity index is 1090. The molecule has 1 saturated heterocycles. The monoisotopic (exact) mass is 421 g/mol. The third-order valence-electron chi connectivity index (χ3n) is 4.81. The average Bonchev–Trinajstić information content (AvgIpc) is 3.17. The fourth-order valence-electron chi connectivity index (χ4n) is 3.22. The Balaban J connectivity index is 1.35. The first kappa shape index (κ1) is 20.9. The van der Waals surface area contributed by atoms with Crippen LogP contribution in [0.2, 0.25) is 0 Å². The molecule has 1 aliphatic rings. The normalized spacial score (nSPS) is 20.5. The molecule has 2 aromatic carbocycles. The van der Waals surface area contributed by atoms with Gasteiger partial charge in [-0.1, -0.05) is 48.5 Å². The van der Waals surface area contributed by atoms with Gasteiger partial charge in [0, 0.05) is 11.8 Å². The van der Waals surface area contributed by atoms with Crippen LogP contribution in [0.1, 0.15) is 29.1 Å². The summed E-state index contributed by atoms with van der Waals surface area (Å²) in [4.78, 5) is 28.7. The van der Waals surface area contributed by atoms with Gasteiger partial charge in [-0.15, -0.1) is 0 Å². The van der Waals surface area contributed by atoms with Gasteiger partial charge in [0.1, 0.15) is 12.4 Å². The molecule has 4 rings (SSSR count). The highest BCUT2D eigenvalue weighted by atomic mass is 16.8. The van der Waals surface area contributed by atoms with E-state index in [4.69, 9.17) is 14.2 Å². The zero-order chi connectivity index (χ0) is 21.7. The molecular formula is C23H23N3O5. The number of ether oxygens (including phenoxy) is 3. The summed E-state index contributed by atoms with van der Waals surface area (Å²) in [6.45, 7) is 2.60. The predicted molar refractivity (Wildman–Crippen MR) is 113 cm³/mol. The zero-order valence-corrected chi connectivity index (χ0v) is 17.1. The first-order chi connectivity index (χ1) is 15.0. The lowest BCUT2D eigenvalue weighted by Crippen LogP contribution is -2.34. The van der Waals surface area contributed by atoms with Crippen molar-refractivity contribution in [2.24, 2.45) is 0 Å². The molecule has 3 aromatic rings. The van der Waals surface area contributed by atoms with Gasteiger partial charge in [0.15, 0.2) is 12.0 Å². The van der Waals surface area contributed by atoms with E-state index in [9.17, 15) is 9.59 Å². The molecule has 1 fully saturated rings. The largest absolute Gasteiger partial charge is 0.371 e. The fraction of sp³-hybridized carbons (Fsp3) is 0.261. The molecule has 2 heterocycles. The van der Waals surface area contributed by atoms with E-state index >= 15 is 0 Å². The van der Waals surface area contributed by atoms with Crippen LogP contribution in [0.4, 0.5) is 5.82 Å². The second-order valence-corrected chi connectivity index (χ2v) is 7.32. The van der Waals surface area contributed by atoms with Crippen molar-refractivity contribution in [1.29, 1.82) is 0 Å². The summed E-state index contributed by atoms with van der Waals surface area (Å²) >= 11 is 0. The molecule has 2 atom stereocenters. The third-order valence-corrected chi connectivity index (χ3v) is 4.81. The van der Waals surface area contributed by atoms with Crippen molar-refractivity contribution in [3.05, 3.63) is 94.5 Å². The summed E-state index contributed by atoms with van der Waals surface area (Å²) in [5.41, 5.74) is 0.982. The van der Waals surface area contributed by atoms with Crippen LogP contribution >= 0.6 is 0 Å². The second-order valence-electron chi connectivity index (χ2n) is 7.32. The highest BCUT2D eigenvalue weighted by Crippen LogP contribution is 2.29. The van der Waals surface area contributed by atoms with Gasteiger partial charge < -0.3 is 19.5 Å². The first-order valence-corrected chi connectivity index (χ1v) is 9.91. The molecule has 0 saturated carbocycles. The van der Waals surface area contributed by atoms with E-state index < -0.39 is 17.7 Å². The number of nitrogens with one attached hydrogen (secondary N) is 1. The van der Waals surface area contributed by atoms with Crippen LogP contribution in [0.5, 0.6) is 0 Å². The molecular weight excluding hydrogens is 398 g/mol. The Morgan fingerprint density at radius 3 is 2.58 bits per heavy atom. The molecule has 1 aliphatic heterocycles. The standard InChI is InChI=1S/C23H23N3O5/c1-23(16-29-14-17-8-4-2-5-9-17)30-15-20(31-23)26-13-12-19(25-22(26)28)24-21(27)18-10-6-3-7-11-18/h2-13,20H,14-16H2,1H3,(H,24,25,27,28)/t20-,23-/m1/s1. The van der Waals surface area contributed by atoms with Crippen molar-refractivity contribution in [3.8, 4) is 0 Å². The van der Waals surface area contributed by atoms with Gasteiger partial charge in [-0.3, -0.25) is 9.36 Å². The second kappa shape index (κ2) is 9.22. The zero-order valence-electron chi connectivity index (χ0n) is 17.1. The molecule has 1 amide bonds. The molecule has 31 heavy (non-hydrogen) atoms. The van der Waals surface area contributed by atoms with Crippen LogP contribution in [-0.4, -0.2) is 34.5 Å². The van der Waals surface area contributed by atoms with Gasteiger partial charge in [0.2, 0.25) is 0 Å². The molecule has 1 N–H and O–H groups in total. The summed E-state index contributed by atoms with van der Waals surface area (Å²) in [6, 6.07) is 20.1. The van der Waals surface area contributed by atoms with E-state index in [0.717, 1.165) is 5.56 Å². The number of aromatic nitrogens is 2. The molecule has 0 spiro atoms. The van der Waals surface area contributed by atoms with Crippen molar-refractivity contribution in [3.63, 3.8) is 0 Å². The van der Waals surface area contributed by atoms with E-state index in [0.29, 0.717) is 12.2 Å². The topological polar surface area (TPSA) is 91.7 Å². The number of benzene rings is 2. The first-order valence-electron chi connectivity index (χ1n) is 9.91. The molecule has 1 aromatic heterocycles. The minimum Gasteiger partial charge on any atom is -0.371 e. The van der Waals surface area contributed by atoms with Crippen molar-refractivity contribution in [2.45, 2.75) is 25.5 Å². The summed E-state index contributed by atoms with van der Waals surface area (Å²) in [6.07, 6.45) is 0.893. The Kier molecular flexibility index (Phi) is 6.22. The number of carbonyl (C=O) groups excluding carboxylic acids is 1. The smallest absolute Gasteiger partial charge is 0.351 e. The fourth-order valence-corrected chi connectivity index (χ4v) is 3.22. The summed E-state index contributed by atoms with van der Waals surface area (Å²) in [5, 5.41) is 2.62. The third kappa shape index (κ3) is 5.24. The lowest BCUT2D eigenvalue weighted by atomic mass is 10.2. The van der Waals surface area contributed by atoms with E-state index in [2.05, 4.69) is 10.3 Å². The van der Waals surface area contributed by atoms with Crippen molar-refractivity contribution >= 4 is 11.7 Å². The number of anilines is 1. The van der Waals surface area contributed by atoms with Gasteiger partial charge in [0.25, 0.3) is 5.91 Å². The molecule has 0 radical (unpaired) electrons. The maximum atomic E-state index is 12.5. The van der Waals surface area contributed by atoms with Crippen LogP contribution in [-0.2, 0) is 20.8 Å². The Morgan fingerprint density at radius 1 is 1.16 bits per heavy atom. The molecule has 0 bridgehead atoms. The van der Waals surface area contributed by atoms with Gasteiger partial charge in [0.05, 0.1) is 13.2 Å². The summed E-state index contributed by atoms with van der Waals surface area (Å²) in [7, 11) is 0. The highest BCUT2D eigenvalue weighted by Gasteiger charge is 2.39. The van der Waals surface area contributed by atoms with Gasteiger partial charge in [-0.05, 0) is 30.7 Å². The van der Waals surface area contributed by atoms with E-state index in [-0.39, 0.29) is 24.9 Å². The van der Waals surface area contributed by atoms with Crippen molar-refractivity contribution < 1.29 is 19.0 Å². The van der Waals surface area contributed by atoms with Gasteiger partial charge in [-0.2, -0.15) is 4.98 Å². The minimum atomic E-state index is -0.973.